The summed E-state index contributed by atoms with van der Waals surface area (Å²) in [6.45, 7) is 14.0. The number of nitrogens with zero attached hydrogens (tertiary/aromatic N) is 2. The maximum atomic E-state index is 6.15. The van der Waals surface area contributed by atoms with Crippen molar-refractivity contribution in [1.29, 1.82) is 0 Å². The van der Waals surface area contributed by atoms with Crippen molar-refractivity contribution in [3.8, 4) is 5.88 Å². The van der Waals surface area contributed by atoms with Crippen LogP contribution in [0.15, 0.2) is 47.2 Å². The summed E-state index contributed by atoms with van der Waals surface area (Å²) >= 11 is 7.65. The van der Waals surface area contributed by atoms with Crippen molar-refractivity contribution in [3.63, 3.8) is 0 Å². The highest BCUT2D eigenvalue weighted by atomic mass is 35.5. The standard InChI is InChI=1S/C20H27ClN2O3S/c1-7-15(9-8-13(2)3)12-27-19-22-17(21)10-18(23-19)25-14(4)16-11-24-20(5,6)26-16/h7-10,14,16H,2,11-12H2,1,3-6H3/b9-8-,15-7+/t14-,16?/m1/s1. The van der Waals surface area contributed by atoms with Crippen LogP contribution >= 0.6 is 23.4 Å². The van der Waals surface area contributed by atoms with E-state index in [9.17, 15) is 0 Å². The van der Waals surface area contributed by atoms with Gasteiger partial charge in [0.2, 0.25) is 5.88 Å². The van der Waals surface area contributed by atoms with E-state index in [1.54, 1.807) is 6.07 Å². The second kappa shape index (κ2) is 9.73. The molecule has 27 heavy (non-hydrogen) atoms. The Morgan fingerprint density at radius 1 is 1.48 bits per heavy atom. The average molecular weight is 411 g/mol. The first-order valence-corrected chi connectivity index (χ1v) is 10.2. The van der Waals surface area contributed by atoms with E-state index in [4.69, 9.17) is 25.8 Å². The fourth-order valence-corrected chi connectivity index (χ4v) is 3.44. The minimum atomic E-state index is -0.590. The van der Waals surface area contributed by atoms with Crippen LogP contribution in [-0.4, -0.2) is 40.3 Å². The smallest absolute Gasteiger partial charge is 0.219 e. The zero-order chi connectivity index (χ0) is 20.0. The van der Waals surface area contributed by atoms with E-state index in [1.165, 1.54) is 11.8 Å². The van der Waals surface area contributed by atoms with E-state index in [2.05, 4.69) is 22.6 Å². The van der Waals surface area contributed by atoms with Gasteiger partial charge in [0.15, 0.2) is 10.9 Å². The largest absolute Gasteiger partial charge is 0.472 e. The second-order valence-corrected chi connectivity index (χ2v) is 8.16. The molecule has 0 bridgehead atoms. The fraction of sp³-hybridized carbons (Fsp3) is 0.500. The molecule has 1 aromatic heterocycles. The summed E-state index contributed by atoms with van der Waals surface area (Å²) in [5, 5.41) is 0.912. The minimum Gasteiger partial charge on any atom is -0.472 e. The van der Waals surface area contributed by atoms with Crippen molar-refractivity contribution in [1.82, 2.24) is 9.97 Å². The number of hydrogen-bond acceptors (Lipinski definition) is 6. The molecule has 1 aliphatic heterocycles. The normalized spacial score (nSPS) is 20.8. The van der Waals surface area contributed by atoms with E-state index in [-0.39, 0.29) is 12.2 Å². The summed E-state index contributed by atoms with van der Waals surface area (Å²) in [7, 11) is 0. The minimum absolute atomic E-state index is 0.160. The van der Waals surface area contributed by atoms with Crippen molar-refractivity contribution in [2.24, 2.45) is 0 Å². The molecule has 1 saturated heterocycles. The van der Waals surface area contributed by atoms with Crippen molar-refractivity contribution >= 4 is 23.4 Å². The Balaban J connectivity index is 2.00. The summed E-state index contributed by atoms with van der Waals surface area (Å²) in [6, 6.07) is 1.61. The van der Waals surface area contributed by atoms with Gasteiger partial charge < -0.3 is 14.2 Å². The number of allylic oxidation sites excluding steroid dienone is 4. The Morgan fingerprint density at radius 3 is 2.81 bits per heavy atom. The number of aromatic nitrogens is 2. The Labute approximate surface area is 170 Å². The van der Waals surface area contributed by atoms with Gasteiger partial charge in [0.25, 0.3) is 0 Å². The topological polar surface area (TPSA) is 53.5 Å². The second-order valence-electron chi connectivity index (χ2n) is 6.83. The Hall–Kier alpha value is -1.34. The molecular weight excluding hydrogens is 384 g/mol. The molecule has 0 radical (unpaired) electrons. The fourth-order valence-electron chi connectivity index (χ4n) is 2.34. The third-order valence-corrected chi connectivity index (χ3v) is 4.94. The quantitative estimate of drug-likeness (QED) is 0.253. The van der Waals surface area contributed by atoms with Crippen LogP contribution in [0.25, 0.3) is 0 Å². The molecule has 2 atom stereocenters. The zero-order valence-corrected chi connectivity index (χ0v) is 18.1. The Kier molecular flexibility index (Phi) is 7.91. The van der Waals surface area contributed by atoms with E-state index in [0.717, 1.165) is 16.9 Å². The van der Waals surface area contributed by atoms with E-state index in [0.29, 0.717) is 22.8 Å². The first-order chi connectivity index (χ1) is 12.7. The van der Waals surface area contributed by atoms with Gasteiger partial charge in [-0.05, 0) is 40.2 Å². The molecule has 1 aliphatic rings. The highest BCUT2D eigenvalue weighted by molar-refractivity contribution is 7.99. The predicted octanol–water partition coefficient (Wildman–Crippen LogP) is 5.22. The SMILES string of the molecule is C=C(C)/C=C\C(=C/C)CSc1nc(Cl)cc(O[C@H](C)C2COC(C)(C)O2)n1. The Morgan fingerprint density at radius 2 is 2.22 bits per heavy atom. The highest BCUT2D eigenvalue weighted by Gasteiger charge is 2.36. The lowest BCUT2D eigenvalue weighted by Gasteiger charge is -2.21. The molecule has 148 valence electrons. The lowest BCUT2D eigenvalue weighted by atomic mass is 10.2. The van der Waals surface area contributed by atoms with Gasteiger partial charge in [-0.1, -0.05) is 53.7 Å². The van der Waals surface area contributed by atoms with Crippen LogP contribution in [0.2, 0.25) is 5.15 Å². The molecule has 5 nitrogen and oxygen atoms in total. The van der Waals surface area contributed by atoms with Crippen LogP contribution in [-0.2, 0) is 9.47 Å². The van der Waals surface area contributed by atoms with Gasteiger partial charge in [-0.25, -0.2) is 4.98 Å². The molecular formula is C20H27ClN2O3S. The highest BCUT2D eigenvalue weighted by Crippen LogP contribution is 2.27. The molecule has 2 heterocycles. The van der Waals surface area contributed by atoms with Gasteiger partial charge in [-0.3, -0.25) is 0 Å². The van der Waals surface area contributed by atoms with Gasteiger partial charge in [-0.2, -0.15) is 4.98 Å². The molecule has 0 aliphatic carbocycles. The Bertz CT molecular complexity index is 734. The van der Waals surface area contributed by atoms with Gasteiger partial charge in [0.05, 0.1) is 6.61 Å². The van der Waals surface area contributed by atoms with Gasteiger partial charge in [-0.15, -0.1) is 0 Å². The monoisotopic (exact) mass is 410 g/mol. The summed E-state index contributed by atoms with van der Waals surface area (Å²) in [4.78, 5) is 8.74. The summed E-state index contributed by atoms with van der Waals surface area (Å²) in [6.07, 6.45) is 5.69. The van der Waals surface area contributed by atoms with Crippen molar-refractivity contribution < 1.29 is 14.2 Å². The first-order valence-electron chi connectivity index (χ1n) is 8.83. The third-order valence-electron chi connectivity index (χ3n) is 3.83. The van der Waals surface area contributed by atoms with E-state index in [1.807, 2.05) is 46.8 Å². The van der Waals surface area contributed by atoms with Gasteiger partial charge in [0.1, 0.15) is 17.4 Å². The molecule has 0 N–H and O–H groups in total. The summed E-state index contributed by atoms with van der Waals surface area (Å²) in [5.74, 6) is 0.564. The van der Waals surface area contributed by atoms with Crippen LogP contribution in [0.1, 0.15) is 34.6 Å². The third kappa shape index (κ3) is 7.30. The van der Waals surface area contributed by atoms with Gasteiger partial charge in [0, 0.05) is 11.8 Å². The van der Waals surface area contributed by atoms with Crippen LogP contribution in [0, 0.1) is 0 Å². The lowest BCUT2D eigenvalue weighted by molar-refractivity contribution is -0.147. The van der Waals surface area contributed by atoms with Crippen molar-refractivity contribution in [2.75, 3.05) is 12.4 Å². The average Bonchev–Trinajstić information content (AvgIpc) is 2.94. The molecule has 1 fully saturated rings. The number of hydrogen-bond donors (Lipinski definition) is 0. The maximum absolute atomic E-state index is 6.15. The van der Waals surface area contributed by atoms with E-state index >= 15 is 0 Å². The molecule has 1 unspecified atom stereocenters. The molecule has 0 aromatic carbocycles. The van der Waals surface area contributed by atoms with Gasteiger partial charge >= 0.3 is 0 Å². The molecule has 0 amide bonds. The number of halogens is 1. The van der Waals surface area contributed by atoms with Crippen LogP contribution in [0.3, 0.4) is 0 Å². The summed E-state index contributed by atoms with van der Waals surface area (Å²) < 4.78 is 17.4. The predicted molar refractivity (Wildman–Crippen MR) is 110 cm³/mol. The van der Waals surface area contributed by atoms with Crippen LogP contribution in [0.5, 0.6) is 5.88 Å². The van der Waals surface area contributed by atoms with Crippen LogP contribution in [0.4, 0.5) is 0 Å². The number of rotatable bonds is 8. The molecule has 1 aromatic rings. The number of ether oxygens (including phenoxy) is 3. The van der Waals surface area contributed by atoms with E-state index < -0.39 is 5.79 Å². The van der Waals surface area contributed by atoms with Crippen LogP contribution < -0.4 is 4.74 Å². The zero-order valence-electron chi connectivity index (χ0n) is 16.5. The van der Waals surface area contributed by atoms with Crippen molar-refractivity contribution in [3.05, 3.63) is 47.2 Å². The number of thioether (sulfide) groups is 1. The van der Waals surface area contributed by atoms with Crippen molar-refractivity contribution in [2.45, 2.75) is 57.8 Å². The molecule has 2 rings (SSSR count). The summed E-state index contributed by atoms with van der Waals surface area (Å²) in [5.41, 5.74) is 2.16. The first kappa shape index (κ1) is 22.0. The maximum Gasteiger partial charge on any atom is 0.219 e. The molecule has 0 saturated carbocycles. The molecule has 0 spiro atoms. The molecule has 7 heteroatoms. The lowest BCUT2D eigenvalue weighted by Crippen LogP contribution is -2.33.